The topological polar surface area (TPSA) is 45.2 Å². The van der Waals surface area contributed by atoms with Crippen molar-refractivity contribution in [3.05, 3.63) is 29.6 Å². The van der Waals surface area contributed by atoms with Crippen molar-refractivity contribution in [2.45, 2.75) is 33.7 Å². The minimum absolute atomic E-state index is 0.0161. The summed E-state index contributed by atoms with van der Waals surface area (Å²) >= 11 is 0. The van der Waals surface area contributed by atoms with Gasteiger partial charge in [0.15, 0.2) is 0 Å². The molecule has 0 aromatic carbocycles. The summed E-state index contributed by atoms with van der Waals surface area (Å²) in [5.74, 6) is 0. The quantitative estimate of drug-likeness (QED) is 0.851. The fourth-order valence-electron chi connectivity index (χ4n) is 1.55. The van der Waals surface area contributed by atoms with Gasteiger partial charge in [0.2, 0.25) is 0 Å². The van der Waals surface area contributed by atoms with Crippen molar-refractivity contribution in [3.8, 4) is 0 Å². The largest absolute Gasteiger partial charge is 0.338 e. The third kappa shape index (κ3) is 4.43. The minimum atomic E-state index is -0.0161. The Kier molecular flexibility index (Phi) is 5.46. The highest BCUT2D eigenvalue weighted by molar-refractivity contribution is 5.74. The van der Waals surface area contributed by atoms with Crippen LogP contribution in [0.4, 0.5) is 4.79 Å². The van der Waals surface area contributed by atoms with E-state index in [-0.39, 0.29) is 6.03 Å². The van der Waals surface area contributed by atoms with Crippen molar-refractivity contribution >= 4 is 6.03 Å². The number of hydrogen-bond donors (Lipinski definition) is 1. The Morgan fingerprint density at radius 1 is 1.41 bits per heavy atom. The van der Waals surface area contributed by atoms with Crippen LogP contribution in [0.3, 0.4) is 0 Å². The zero-order valence-electron chi connectivity index (χ0n) is 10.9. The minimum Gasteiger partial charge on any atom is -0.338 e. The molecule has 0 atom stereocenters. The number of rotatable bonds is 5. The van der Waals surface area contributed by atoms with Gasteiger partial charge in [-0.25, -0.2) is 4.79 Å². The Hall–Kier alpha value is -1.58. The molecule has 0 bridgehead atoms. The normalized spacial score (nSPS) is 10.1. The van der Waals surface area contributed by atoms with Crippen LogP contribution in [-0.2, 0) is 6.54 Å². The first-order valence-electron chi connectivity index (χ1n) is 6.12. The number of aromatic nitrogens is 1. The van der Waals surface area contributed by atoms with E-state index in [4.69, 9.17) is 0 Å². The average Bonchev–Trinajstić information content (AvgIpc) is 2.33. The number of nitrogens with one attached hydrogen (secondary N) is 1. The van der Waals surface area contributed by atoms with E-state index in [0.717, 1.165) is 24.4 Å². The second-order valence-corrected chi connectivity index (χ2v) is 4.02. The molecule has 0 radical (unpaired) electrons. The fourth-order valence-corrected chi connectivity index (χ4v) is 1.55. The Morgan fingerprint density at radius 2 is 2.18 bits per heavy atom. The third-order valence-corrected chi connectivity index (χ3v) is 2.49. The van der Waals surface area contributed by atoms with Crippen LogP contribution in [0.15, 0.2) is 18.2 Å². The summed E-state index contributed by atoms with van der Waals surface area (Å²) < 4.78 is 0. The molecule has 0 aliphatic carbocycles. The molecule has 0 aliphatic rings. The van der Waals surface area contributed by atoms with Crippen LogP contribution in [0.1, 0.15) is 31.7 Å². The van der Waals surface area contributed by atoms with Gasteiger partial charge in [-0.15, -0.1) is 0 Å². The highest BCUT2D eigenvalue weighted by atomic mass is 16.2. The highest BCUT2D eigenvalue weighted by Gasteiger charge is 2.11. The molecular formula is C13H21N3O. The number of pyridine rings is 1. The van der Waals surface area contributed by atoms with Gasteiger partial charge in [0, 0.05) is 18.8 Å². The van der Waals surface area contributed by atoms with Gasteiger partial charge in [-0.2, -0.15) is 0 Å². The molecule has 4 nitrogen and oxygen atoms in total. The van der Waals surface area contributed by atoms with Gasteiger partial charge in [0.25, 0.3) is 0 Å². The first-order valence-corrected chi connectivity index (χ1v) is 6.12. The summed E-state index contributed by atoms with van der Waals surface area (Å²) in [5, 5.41) is 2.88. The Balaban J connectivity index is 2.60. The second kappa shape index (κ2) is 6.89. The third-order valence-electron chi connectivity index (χ3n) is 2.49. The summed E-state index contributed by atoms with van der Waals surface area (Å²) in [7, 11) is 0. The number of carbonyl (C=O) groups excluding carboxylic acids is 1. The van der Waals surface area contributed by atoms with E-state index >= 15 is 0 Å². The number of amides is 2. The lowest BCUT2D eigenvalue weighted by Gasteiger charge is -2.21. The summed E-state index contributed by atoms with van der Waals surface area (Å²) in [6.07, 6.45) is 0.950. The van der Waals surface area contributed by atoms with Crippen molar-refractivity contribution in [3.63, 3.8) is 0 Å². The van der Waals surface area contributed by atoms with E-state index in [9.17, 15) is 4.79 Å². The van der Waals surface area contributed by atoms with E-state index in [0.29, 0.717) is 13.1 Å². The molecule has 0 unspecified atom stereocenters. The van der Waals surface area contributed by atoms with E-state index in [1.165, 1.54) is 0 Å². The number of nitrogens with zero attached hydrogens (tertiary/aromatic N) is 2. The monoisotopic (exact) mass is 235 g/mol. The first kappa shape index (κ1) is 13.5. The molecule has 0 saturated carbocycles. The summed E-state index contributed by atoms with van der Waals surface area (Å²) in [6, 6.07) is 5.85. The lowest BCUT2D eigenvalue weighted by atomic mass is 10.3. The molecule has 0 aliphatic heterocycles. The zero-order chi connectivity index (χ0) is 12.7. The smallest absolute Gasteiger partial charge is 0.317 e. The standard InChI is InChI=1S/C13H21N3O/c1-4-9-14-13(17)16(5-2)10-12-8-6-7-11(3)15-12/h6-8H,4-5,9-10H2,1-3H3,(H,14,17). The maximum Gasteiger partial charge on any atom is 0.317 e. The van der Waals surface area contributed by atoms with Gasteiger partial charge in [-0.3, -0.25) is 4.98 Å². The van der Waals surface area contributed by atoms with E-state index in [1.807, 2.05) is 39.0 Å². The molecule has 0 spiro atoms. The predicted octanol–water partition coefficient (Wildman–Crippen LogP) is 2.33. The van der Waals surface area contributed by atoms with E-state index in [1.54, 1.807) is 4.90 Å². The molecule has 2 amide bonds. The van der Waals surface area contributed by atoms with Crippen LogP contribution in [0.2, 0.25) is 0 Å². The average molecular weight is 235 g/mol. The van der Waals surface area contributed by atoms with Crippen LogP contribution in [0, 0.1) is 6.92 Å². The number of aryl methyl sites for hydroxylation is 1. The molecule has 1 aromatic rings. The molecule has 1 heterocycles. The Labute approximate surface area is 103 Å². The lowest BCUT2D eigenvalue weighted by Crippen LogP contribution is -2.39. The summed E-state index contributed by atoms with van der Waals surface area (Å²) in [4.78, 5) is 18.0. The number of hydrogen-bond acceptors (Lipinski definition) is 2. The molecule has 0 fully saturated rings. The highest BCUT2D eigenvalue weighted by Crippen LogP contribution is 2.03. The second-order valence-electron chi connectivity index (χ2n) is 4.02. The van der Waals surface area contributed by atoms with Crippen molar-refractivity contribution in [1.82, 2.24) is 15.2 Å². The molecule has 4 heteroatoms. The first-order chi connectivity index (χ1) is 8.17. The van der Waals surface area contributed by atoms with Crippen molar-refractivity contribution in [2.24, 2.45) is 0 Å². The van der Waals surface area contributed by atoms with Gasteiger partial charge in [-0.05, 0) is 32.4 Å². The van der Waals surface area contributed by atoms with Crippen molar-refractivity contribution < 1.29 is 4.79 Å². The van der Waals surface area contributed by atoms with Crippen molar-refractivity contribution in [2.75, 3.05) is 13.1 Å². The molecule has 17 heavy (non-hydrogen) atoms. The molecule has 1 aromatic heterocycles. The molecule has 0 saturated heterocycles. The molecule has 1 rings (SSSR count). The number of carbonyl (C=O) groups is 1. The van der Waals surface area contributed by atoms with Crippen LogP contribution in [-0.4, -0.2) is 29.0 Å². The maximum absolute atomic E-state index is 11.8. The summed E-state index contributed by atoms with van der Waals surface area (Å²) in [5.41, 5.74) is 1.91. The Bertz CT molecular complexity index is 365. The molecule has 94 valence electrons. The van der Waals surface area contributed by atoms with Crippen LogP contribution in [0.5, 0.6) is 0 Å². The predicted molar refractivity (Wildman–Crippen MR) is 68.7 cm³/mol. The summed E-state index contributed by atoms with van der Waals surface area (Å²) in [6.45, 7) is 7.94. The SMILES string of the molecule is CCCNC(=O)N(CC)Cc1cccc(C)n1. The van der Waals surface area contributed by atoms with Gasteiger partial charge in [-0.1, -0.05) is 13.0 Å². The lowest BCUT2D eigenvalue weighted by molar-refractivity contribution is 0.197. The molecular weight excluding hydrogens is 214 g/mol. The van der Waals surface area contributed by atoms with Gasteiger partial charge in [0.1, 0.15) is 0 Å². The van der Waals surface area contributed by atoms with Gasteiger partial charge >= 0.3 is 6.03 Å². The van der Waals surface area contributed by atoms with Crippen molar-refractivity contribution in [1.29, 1.82) is 0 Å². The van der Waals surface area contributed by atoms with Crippen LogP contribution in [0.25, 0.3) is 0 Å². The number of urea groups is 1. The molecule has 1 N–H and O–H groups in total. The van der Waals surface area contributed by atoms with Crippen LogP contribution < -0.4 is 5.32 Å². The van der Waals surface area contributed by atoms with Crippen LogP contribution >= 0.6 is 0 Å². The van der Waals surface area contributed by atoms with E-state index in [2.05, 4.69) is 10.3 Å². The zero-order valence-corrected chi connectivity index (χ0v) is 10.9. The van der Waals surface area contributed by atoms with Gasteiger partial charge in [0.05, 0.1) is 12.2 Å². The Morgan fingerprint density at radius 3 is 2.76 bits per heavy atom. The fraction of sp³-hybridized carbons (Fsp3) is 0.538. The maximum atomic E-state index is 11.8. The van der Waals surface area contributed by atoms with E-state index < -0.39 is 0 Å². The van der Waals surface area contributed by atoms with Gasteiger partial charge < -0.3 is 10.2 Å².